The van der Waals surface area contributed by atoms with E-state index in [4.69, 9.17) is 34.8 Å². The highest BCUT2D eigenvalue weighted by molar-refractivity contribution is 6.18. The molecular weight excluding hydrogens is 228 g/mol. The molecule has 0 aliphatic rings. The zero-order valence-corrected chi connectivity index (χ0v) is 9.23. The molecule has 0 amide bonds. The van der Waals surface area contributed by atoms with Crippen LogP contribution in [0.2, 0.25) is 0 Å². The van der Waals surface area contributed by atoms with E-state index >= 15 is 0 Å². The average Bonchev–Trinajstić information content (AvgIpc) is 1.90. The third-order valence-electron chi connectivity index (χ3n) is 1.20. The second-order valence-electron chi connectivity index (χ2n) is 1.91. The fraction of sp³-hybridized carbons (Fsp3) is 1.00. The molecule has 0 saturated heterocycles. The molecule has 0 aliphatic heterocycles. The summed E-state index contributed by atoms with van der Waals surface area (Å²) in [5.74, 6) is 1.94. The maximum Gasteiger partial charge on any atom is 0.0351 e. The second-order valence-corrected chi connectivity index (χ2v) is 3.04. The summed E-state index contributed by atoms with van der Waals surface area (Å²) in [6, 6.07) is 0. The molecule has 0 heterocycles. The van der Waals surface area contributed by atoms with Gasteiger partial charge in [-0.3, -0.25) is 4.90 Å². The van der Waals surface area contributed by atoms with Crippen molar-refractivity contribution in [3.05, 3.63) is 0 Å². The van der Waals surface area contributed by atoms with Crippen LogP contribution in [-0.2, 0) is 0 Å². The van der Waals surface area contributed by atoms with Crippen LogP contribution in [-0.4, -0.2) is 42.2 Å². The highest BCUT2D eigenvalue weighted by Crippen LogP contribution is 1.92. The van der Waals surface area contributed by atoms with E-state index < -0.39 is 0 Å². The maximum atomic E-state index is 5.54. The van der Waals surface area contributed by atoms with Gasteiger partial charge in [-0.25, -0.2) is 0 Å². The molecule has 0 N–H and O–H groups in total. The van der Waals surface area contributed by atoms with Gasteiger partial charge in [-0.15, -0.1) is 34.8 Å². The summed E-state index contributed by atoms with van der Waals surface area (Å²) < 4.78 is 0. The van der Waals surface area contributed by atoms with Crippen LogP contribution in [0, 0.1) is 0 Å². The minimum absolute atomic E-state index is 0. The van der Waals surface area contributed by atoms with Crippen molar-refractivity contribution >= 4 is 34.8 Å². The molecule has 0 fully saturated rings. The Morgan fingerprint density at radius 1 is 0.727 bits per heavy atom. The maximum absolute atomic E-state index is 5.54. The highest BCUT2D eigenvalue weighted by atomic mass is 35.5. The van der Waals surface area contributed by atoms with Crippen molar-refractivity contribution in [2.24, 2.45) is 0 Å². The molecule has 0 rings (SSSR count). The van der Waals surface area contributed by atoms with Crippen LogP contribution in [0.25, 0.3) is 0 Å². The Morgan fingerprint density at radius 2 is 1.00 bits per heavy atom. The fourth-order valence-electron chi connectivity index (χ4n) is 0.694. The predicted octanol–water partition coefficient (Wildman–Crippen LogP) is -0.991. The lowest BCUT2D eigenvalue weighted by Crippen LogP contribution is -3.00. The Hall–Kier alpha value is 1.12. The molecular formula is C6H12Cl4N-. The third kappa shape index (κ3) is 9.03. The lowest BCUT2D eigenvalue weighted by Gasteiger charge is -2.17. The topological polar surface area (TPSA) is 3.24 Å². The van der Waals surface area contributed by atoms with Crippen molar-refractivity contribution < 1.29 is 12.4 Å². The first-order valence-corrected chi connectivity index (χ1v) is 4.85. The Bertz CT molecular complexity index is 57.3. The van der Waals surface area contributed by atoms with Gasteiger partial charge in [0.25, 0.3) is 0 Å². The van der Waals surface area contributed by atoms with Gasteiger partial charge in [-0.1, -0.05) is 0 Å². The molecule has 0 aromatic heterocycles. The molecule has 0 aromatic carbocycles. The lowest BCUT2D eigenvalue weighted by molar-refractivity contribution is -0.00000193. The van der Waals surface area contributed by atoms with Gasteiger partial charge in [0.15, 0.2) is 0 Å². The number of hydrogen-bond acceptors (Lipinski definition) is 1. The lowest BCUT2D eigenvalue weighted by atomic mass is 10.5. The van der Waals surface area contributed by atoms with Gasteiger partial charge in [0.1, 0.15) is 0 Å². The predicted molar refractivity (Wildman–Crippen MR) is 48.6 cm³/mol. The minimum Gasteiger partial charge on any atom is -1.00 e. The van der Waals surface area contributed by atoms with E-state index in [9.17, 15) is 0 Å². The summed E-state index contributed by atoms with van der Waals surface area (Å²) in [5, 5.41) is 0. The number of hydrogen-bond donors (Lipinski definition) is 0. The Labute approximate surface area is 89.4 Å². The van der Waals surface area contributed by atoms with Crippen molar-refractivity contribution in [1.82, 2.24) is 4.90 Å². The normalized spacial score (nSPS) is 9.82. The molecule has 1 nitrogen and oxygen atoms in total. The molecule has 0 atom stereocenters. The molecule has 0 bridgehead atoms. The van der Waals surface area contributed by atoms with Gasteiger partial charge in [0.2, 0.25) is 0 Å². The Balaban J connectivity index is 0. The zero-order chi connectivity index (χ0) is 7.82. The SMILES string of the molecule is ClCCN(CCCl)CCCl.[Cl-]. The number of halogens is 4. The molecule has 11 heavy (non-hydrogen) atoms. The van der Waals surface area contributed by atoms with E-state index in [0.717, 1.165) is 19.6 Å². The fourth-order valence-corrected chi connectivity index (χ4v) is 1.41. The van der Waals surface area contributed by atoms with Crippen LogP contribution in [0.3, 0.4) is 0 Å². The van der Waals surface area contributed by atoms with Crippen LogP contribution in [0.5, 0.6) is 0 Å². The number of alkyl halides is 3. The minimum atomic E-state index is 0. The monoisotopic (exact) mass is 238 g/mol. The summed E-state index contributed by atoms with van der Waals surface area (Å²) in [5.41, 5.74) is 0. The number of nitrogens with zero attached hydrogens (tertiary/aromatic N) is 1. The zero-order valence-electron chi connectivity index (χ0n) is 6.20. The van der Waals surface area contributed by atoms with E-state index in [2.05, 4.69) is 4.90 Å². The molecule has 0 spiro atoms. The molecule has 0 unspecified atom stereocenters. The van der Waals surface area contributed by atoms with Crippen LogP contribution in [0.4, 0.5) is 0 Å². The first kappa shape index (κ1) is 14.6. The van der Waals surface area contributed by atoms with Crippen molar-refractivity contribution in [3.8, 4) is 0 Å². The van der Waals surface area contributed by atoms with Gasteiger partial charge < -0.3 is 12.4 Å². The molecule has 70 valence electrons. The van der Waals surface area contributed by atoms with E-state index in [1.165, 1.54) is 0 Å². The van der Waals surface area contributed by atoms with E-state index in [1.807, 2.05) is 0 Å². The smallest absolute Gasteiger partial charge is 0.0351 e. The first-order chi connectivity index (χ1) is 4.85. The Morgan fingerprint density at radius 3 is 1.18 bits per heavy atom. The summed E-state index contributed by atoms with van der Waals surface area (Å²) in [7, 11) is 0. The standard InChI is InChI=1S/C6H12Cl3N.ClH/c7-1-4-10(5-2-8)6-3-9;/h1-6H2;1H/p-1. The largest absolute Gasteiger partial charge is 1.00 e. The third-order valence-corrected chi connectivity index (χ3v) is 1.71. The quantitative estimate of drug-likeness (QED) is 0.539. The van der Waals surface area contributed by atoms with Crippen LogP contribution < -0.4 is 12.4 Å². The number of rotatable bonds is 6. The molecule has 0 aliphatic carbocycles. The van der Waals surface area contributed by atoms with Gasteiger partial charge in [0.05, 0.1) is 0 Å². The van der Waals surface area contributed by atoms with Gasteiger partial charge in [0, 0.05) is 37.3 Å². The van der Waals surface area contributed by atoms with Crippen molar-refractivity contribution in [2.75, 3.05) is 37.3 Å². The van der Waals surface area contributed by atoms with Gasteiger partial charge in [-0.05, 0) is 0 Å². The first-order valence-electron chi connectivity index (χ1n) is 3.25. The molecule has 0 saturated carbocycles. The van der Waals surface area contributed by atoms with Crippen molar-refractivity contribution in [3.63, 3.8) is 0 Å². The summed E-state index contributed by atoms with van der Waals surface area (Å²) in [4.78, 5) is 2.15. The average molecular weight is 240 g/mol. The highest BCUT2D eigenvalue weighted by Gasteiger charge is 2.00. The van der Waals surface area contributed by atoms with Crippen molar-refractivity contribution in [1.29, 1.82) is 0 Å². The van der Waals surface area contributed by atoms with Gasteiger partial charge in [-0.2, -0.15) is 0 Å². The van der Waals surface area contributed by atoms with Crippen molar-refractivity contribution in [2.45, 2.75) is 0 Å². The molecule has 5 heteroatoms. The summed E-state index contributed by atoms with van der Waals surface area (Å²) >= 11 is 16.6. The molecule has 0 radical (unpaired) electrons. The Kier molecular flexibility index (Phi) is 14.8. The van der Waals surface area contributed by atoms with Gasteiger partial charge >= 0.3 is 0 Å². The van der Waals surface area contributed by atoms with Crippen LogP contribution in [0.15, 0.2) is 0 Å². The summed E-state index contributed by atoms with van der Waals surface area (Å²) in [6.07, 6.45) is 0. The van der Waals surface area contributed by atoms with E-state index in [1.54, 1.807) is 0 Å². The van der Waals surface area contributed by atoms with Crippen LogP contribution in [0.1, 0.15) is 0 Å². The van der Waals surface area contributed by atoms with Crippen LogP contribution >= 0.6 is 34.8 Å². The van der Waals surface area contributed by atoms with E-state index in [0.29, 0.717) is 17.6 Å². The van der Waals surface area contributed by atoms with E-state index in [-0.39, 0.29) is 12.4 Å². The second kappa shape index (κ2) is 11.1. The molecule has 0 aromatic rings. The summed E-state index contributed by atoms with van der Waals surface area (Å²) in [6.45, 7) is 2.63.